The molecular formula is C17H16F2N4O3. The third-order valence-electron chi connectivity index (χ3n) is 4.12. The Labute approximate surface area is 148 Å². The predicted octanol–water partition coefficient (Wildman–Crippen LogP) is 2.50. The van der Waals surface area contributed by atoms with Crippen molar-refractivity contribution in [2.24, 2.45) is 5.92 Å². The number of urea groups is 1. The standard InChI is InChI=1S/C17H16F2N4O3/c1-17(12-4-6-13(7-5-12)26-15(18)19)14(24)23(16(25)22-17)10-11(9-21)3-2-8-20/h4-7,11,15H,2-3,10H2,1H3,(H,22,25)/t11-,17-/m0/s1. The van der Waals surface area contributed by atoms with E-state index in [1.54, 1.807) is 0 Å². The van der Waals surface area contributed by atoms with Crippen molar-refractivity contribution in [2.75, 3.05) is 6.54 Å². The third-order valence-corrected chi connectivity index (χ3v) is 4.12. The molecule has 1 N–H and O–H groups in total. The molecule has 0 radical (unpaired) electrons. The van der Waals surface area contributed by atoms with Gasteiger partial charge in [-0.15, -0.1) is 0 Å². The van der Waals surface area contributed by atoms with Crippen LogP contribution in [0.5, 0.6) is 5.75 Å². The van der Waals surface area contributed by atoms with Crippen molar-refractivity contribution in [2.45, 2.75) is 31.9 Å². The molecule has 1 heterocycles. The number of benzene rings is 1. The second-order valence-corrected chi connectivity index (χ2v) is 5.90. The number of amides is 3. The van der Waals surface area contributed by atoms with E-state index in [0.717, 1.165) is 4.90 Å². The average molecular weight is 362 g/mol. The zero-order valence-corrected chi connectivity index (χ0v) is 13.9. The minimum atomic E-state index is -2.96. The van der Waals surface area contributed by atoms with Crippen molar-refractivity contribution in [1.82, 2.24) is 10.2 Å². The van der Waals surface area contributed by atoms with Crippen LogP contribution >= 0.6 is 0 Å². The maximum atomic E-state index is 12.7. The molecule has 7 nitrogen and oxygen atoms in total. The molecule has 1 aliphatic heterocycles. The van der Waals surface area contributed by atoms with Crippen LogP contribution in [0.2, 0.25) is 0 Å². The lowest BCUT2D eigenvalue weighted by Crippen LogP contribution is -2.41. The highest BCUT2D eigenvalue weighted by molar-refractivity contribution is 6.07. The quantitative estimate of drug-likeness (QED) is 0.750. The van der Waals surface area contributed by atoms with Gasteiger partial charge in [-0.3, -0.25) is 9.69 Å². The van der Waals surface area contributed by atoms with Crippen molar-refractivity contribution in [1.29, 1.82) is 10.5 Å². The van der Waals surface area contributed by atoms with E-state index in [2.05, 4.69) is 10.1 Å². The number of nitrogens with one attached hydrogen (secondary N) is 1. The minimum Gasteiger partial charge on any atom is -0.435 e. The normalized spacial score (nSPS) is 20.5. The lowest BCUT2D eigenvalue weighted by molar-refractivity contribution is -0.131. The number of hydrogen-bond donors (Lipinski definition) is 1. The van der Waals surface area contributed by atoms with Gasteiger partial charge in [0, 0.05) is 13.0 Å². The van der Waals surface area contributed by atoms with E-state index in [9.17, 15) is 18.4 Å². The highest BCUT2D eigenvalue weighted by Gasteiger charge is 2.49. The summed E-state index contributed by atoms with van der Waals surface area (Å²) in [6.45, 7) is -1.59. The van der Waals surface area contributed by atoms with Gasteiger partial charge >= 0.3 is 12.6 Å². The molecule has 0 aromatic heterocycles. The van der Waals surface area contributed by atoms with Gasteiger partial charge in [0.15, 0.2) is 0 Å². The monoisotopic (exact) mass is 362 g/mol. The number of nitriles is 2. The molecule has 2 rings (SSSR count). The Hall–Kier alpha value is -3.20. The molecule has 1 fully saturated rings. The number of rotatable bonds is 7. The van der Waals surface area contributed by atoms with E-state index in [-0.39, 0.29) is 25.1 Å². The zero-order valence-electron chi connectivity index (χ0n) is 13.9. The molecule has 3 amide bonds. The van der Waals surface area contributed by atoms with Gasteiger partial charge in [0.2, 0.25) is 0 Å². The lowest BCUT2D eigenvalue weighted by atomic mass is 9.91. The van der Waals surface area contributed by atoms with Gasteiger partial charge in [0.25, 0.3) is 5.91 Å². The number of ether oxygens (including phenoxy) is 1. The number of nitrogens with zero attached hydrogens (tertiary/aromatic N) is 3. The fourth-order valence-electron chi connectivity index (χ4n) is 2.68. The average Bonchev–Trinajstić information content (AvgIpc) is 2.82. The summed E-state index contributed by atoms with van der Waals surface area (Å²) in [5, 5.41) is 20.3. The van der Waals surface area contributed by atoms with Crippen LogP contribution in [0.3, 0.4) is 0 Å². The Bertz CT molecular complexity index is 770. The molecule has 0 saturated carbocycles. The second kappa shape index (κ2) is 7.79. The number of carbonyl (C=O) groups excluding carboxylic acids is 2. The molecule has 1 aromatic rings. The third kappa shape index (κ3) is 3.89. The molecule has 0 aliphatic carbocycles. The fraction of sp³-hybridized carbons (Fsp3) is 0.412. The number of halogens is 2. The van der Waals surface area contributed by atoms with Gasteiger partial charge in [-0.2, -0.15) is 19.3 Å². The van der Waals surface area contributed by atoms with Crippen LogP contribution in [-0.2, 0) is 10.3 Å². The topological polar surface area (TPSA) is 106 Å². The molecule has 0 bridgehead atoms. The molecule has 0 unspecified atom stereocenters. The zero-order chi connectivity index (χ0) is 19.3. The molecule has 136 valence electrons. The number of carbonyl (C=O) groups is 2. The van der Waals surface area contributed by atoms with Crippen LogP contribution in [0.15, 0.2) is 24.3 Å². The minimum absolute atomic E-state index is 0.0676. The number of alkyl halides is 2. The molecular weight excluding hydrogens is 346 g/mol. The van der Waals surface area contributed by atoms with Crippen LogP contribution < -0.4 is 10.1 Å². The fourth-order valence-corrected chi connectivity index (χ4v) is 2.68. The van der Waals surface area contributed by atoms with E-state index in [0.29, 0.717) is 5.56 Å². The summed E-state index contributed by atoms with van der Waals surface area (Å²) >= 11 is 0. The Kier molecular flexibility index (Phi) is 5.73. The maximum absolute atomic E-state index is 12.7. The van der Waals surface area contributed by atoms with Gasteiger partial charge in [-0.25, -0.2) is 4.79 Å². The molecule has 0 spiro atoms. The van der Waals surface area contributed by atoms with E-state index in [1.807, 2.05) is 12.1 Å². The first-order valence-corrected chi connectivity index (χ1v) is 7.78. The first-order chi connectivity index (χ1) is 12.3. The SMILES string of the molecule is C[C@@]1(c2ccc(OC(F)F)cc2)NC(=O)N(C[C@H](C#N)CCC#N)C1=O. The highest BCUT2D eigenvalue weighted by atomic mass is 19.3. The molecule has 26 heavy (non-hydrogen) atoms. The first-order valence-electron chi connectivity index (χ1n) is 7.78. The Morgan fingerprint density at radius 3 is 2.46 bits per heavy atom. The van der Waals surface area contributed by atoms with Crippen molar-refractivity contribution in [3.63, 3.8) is 0 Å². The summed E-state index contributed by atoms with van der Waals surface area (Å²) in [7, 11) is 0. The summed E-state index contributed by atoms with van der Waals surface area (Å²) < 4.78 is 28.7. The first kappa shape index (κ1) is 19.1. The van der Waals surface area contributed by atoms with Gasteiger partial charge in [0.1, 0.15) is 11.3 Å². The van der Waals surface area contributed by atoms with E-state index in [4.69, 9.17) is 10.5 Å². The van der Waals surface area contributed by atoms with Crippen LogP contribution in [0.25, 0.3) is 0 Å². The largest absolute Gasteiger partial charge is 0.435 e. The van der Waals surface area contributed by atoms with Crippen molar-refractivity contribution in [3.05, 3.63) is 29.8 Å². The Morgan fingerprint density at radius 2 is 1.92 bits per heavy atom. The van der Waals surface area contributed by atoms with Crippen LogP contribution in [0.1, 0.15) is 25.3 Å². The van der Waals surface area contributed by atoms with E-state index < -0.39 is 30.0 Å². The second-order valence-electron chi connectivity index (χ2n) is 5.90. The molecule has 2 atom stereocenters. The maximum Gasteiger partial charge on any atom is 0.387 e. The van der Waals surface area contributed by atoms with E-state index in [1.165, 1.54) is 31.2 Å². The molecule has 9 heteroatoms. The van der Waals surface area contributed by atoms with Gasteiger partial charge in [-0.05, 0) is 31.0 Å². The summed E-state index contributed by atoms with van der Waals surface area (Å²) in [6.07, 6.45) is 0.394. The Morgan fingerprint density at radius 1 is 1.27 bits per heavy atom. The summed E-state index contributed by atoms with van der Waals surface area (Å²) in [6, 6.07) is 8.64. The van der Waals surface area contributed by atoms with Crippen LogP contribution in [-0.4, -0.2) is 30.0 Å². The Balaban J connectivity index is 2.18. The summed E-state index contributed by atoms with van der Waals surface area (Å²) in [4.78, 5) is 25.9. The van der Waals surface area contributed by atoms with Crippen LogP contribution in [0.4, 0.5) is 13.6 Å². The van der Waals surface area contributed by atoms with Gasteiger partial charge in [-0.1, -0.05) is 12.1 Å². The molecule has 1 saturated heterocycles. The summed E-state index contributed by atoms with van der Waals surface area (Å²) in [5.74, 6) is -1.27. The van der Waals surface area contributed by atoms with Crippen molar-refractivity contribution in [3.8, 4) is 17.9 Å². The number of imide groups is 1. The smallest absolute Gasteiger partial charge is 0.387 e. The van der Waals surface area contributed by atoms with Gasteiger partial charge < -0.3 is 10.1 Å². The van der Waals surface area contributed by atoms with Gasteiger partial charge in [0.05, 0.1) is 18.1 Å². The van der Waals surface area contributed by atoms with E-state index >= 15 is 0 Å². The molecule has 1 aliphatic rings. The van der Waals surface area contributed by atoms with Crippen LogP contribution in [0, 0.1) is 28.6 Å². The lowest BCUT2D eigenvalue weighted by Gasteiger charge is -2.23. The molecule has 1 aromatic carbocycles. The number of hydrogen-bond acceptors (Lipinski definition) is 5. The predicted molar refractivity (Wildman–Crippen MR) is 84.6 cm³/mol. The van der Waals surface area contributed by atoms with Crippen molar-refractivity contribution >= 4 is 11.9 Å². The summed E-state index contributed by atoms with van der Waals surface area (Å²) in [5.41, 5.74) is -0.985. The highest BCUT2D eigenvalue weighted by Crippen LogP contribution is 2.31. The van der Waals surface area contributed by atoms with Crippen molar-refractivity contribution < 1.29 is 23.1 Å².